The van der Waals surface area contributed by atoms with Crippen molar-refractivity contribution in [2.75, 3.05) is 21.0 Å². The van der Waals surface area contributed by atoms with E-state index in [2.05, 4.69) is 0 Å². The minimum absolute atomic E-state index is 0.125. The van der Waals surface area contributed by atoms with Gasteiger partial charge in [0.15, 0.2) is 24.6 Å². The Kier molecular flexibility index (Phi) is 4.02. The molecule has 0 saturated carbocycles. The molecule has 0 N–H and O–H groups in total. The molecule has 0 aliphatic carbocycles. The molecule has 2 aromatic rings. The predicted molar refractivity (Wildman–Crippen MR) is 73.1 cm³/mol. The van der Waals surface area contributed by atoms with E-state index in [1.165, 1.54) is 0 Å². The van der Waals surface area contributed by atoms with Gasteiger partial charge in [0.2, 0.25) is 0 Å². The molecule has 0 atom stereocenters. The van der Waals surface area contributed by atoms with Gasteiger partial charge in [-0.25, -0.2) is 0 Å². The second kappa shape index (κ2) is 5.71. The van der Waals surface area contributed by atoms with Crippen LogP contribution < -0.4 is 9.47 Å². The molecule has 0 radical (unpaired) electrons. The Balaban J connectivity index is 2.78. The van der Waals surface area contributed by atoms with E-state index in [1.807, 2.05) is 25.1 Å². The van der Waals surface area contributed by atoms with Gasteiger partial charge in [-0.05, 0) is 23.9 Å². The van der Waals surface area contributed by atoms with Crippen molar-refractivity contribution in [3.8, 4) is 11.5 Å². The third-order valence-electron chi connectivity index (χ3n) is 2.99. The molecule has 0 fully saturated rings. The van der Waals surface area contributed by atoms with E-state index in [0.29, 0.717) is 17.1 Å². The molecule has 0 aromatic heterocycles. The van der Waals surface area contributed by atoms with Crippen molar-refractivity contribution in [1.29, 1.82) is 0 Å². The zero-order valence-electron chi connectivity index (χ0n) is 11.2. The average Bonchev–Trinajstić information content (AvgIpc) is 2.44. The highest BCUT2D eigenvalue weighted by atomic mass is 16.7. The van der Waals surface area contributed by atoms with E-state index in [-0.39, 0.29) is 6.79 Å². The Bertz CT molecular complexity index is 605. The van der Waals surface area contributed by atoms with E-state index in [9.17, 15) is 4.79 Å². The molecule has 0 saturated heterocycles. The van der Waals surface area contributed by atoms with Crippen LogP contribution in [0.4, 0.5) is 0 Å². The number of carbonyl (C=O) groups excluding carboxylic acids is 1. The first kappa shape index (κ1) is 13.4. The van der Waals surface area contributed by atoms with Gasteiger partial charge in [0.25, 0.3) is 0 Å². The van der Waals surface area contributed by atoms with E-state index in [4.69, 9.17) is 14.2 Å². The van der Waals surface area contributed by atoms with Gasteiger partial charge in [-0.1, -0.05) is 18.2 Å². The molecular formula is C15H16O4. The number of hydrogen-bond acceptors (Lipinski definition) is 4. The number of fused-ring (bicyclic) bond motifs is 1. The monoisotopic (exact) mass is 260 g/mol. The number of aldehydes is 1. The summed E-state index contributed by atoms with van der Waals surface area (Å²) in [6.07, 6.45) is 0.824. The predicted octanol–water partition coefficient (Wildman–Crippen LogP) is 2.95. The van der Waals surface area contributed by atoms with Crippen molar-refractivity contribution in [3.05, 3.63) is 35.4 Å². The second-order valence-corrected chi connectivity index (χ2v) is 4.16. The largest absolute Gasteiger partial charge is 0.493 e. The minimum Gasteiger partial charge on any atom is -0.493 e. The fourth-order valence-electron chi connectivity index (χ4n) is 2.13. The van der Waals surface area contributed by atoms with Crippen LogP contribution in [0.5, 0.6) is 11.5 Å². The van der Waals surface area contributed by atoms with Crippen molar-refractivity contribution in [2.45, 2.75) is 6.92 Å². The van der Waals surface area contributed by atoms with Gasteiger partial charge in [0.1, 0.15) is 0 Å². The molecule has 4 nitrogen and oxygen atoms in total. The first-order valence-electron chi connectivity index (χ1n) is 5.90. The topological polar surface area (TPSA) is 44.8 Å². The van der Waals surface area contributed by atoms with Crippen molar-refractivity contribution < 1.29 is 19.0 Å². The lowest BCUT2D eigenvalue weighted by molar-refractivity contribution is 0.0503. The zero-order chi connectivity index (χ0) is 13.8. The molecule has 0 aliphatic rings. The van der Waals surface area contributed by atoms with Gasteiger partial charge in [-0.2, -0.15) is 0 Å². The standard InChI is InChI=1S/C15H16O4/c1-10-5-4-6-12-11(8-16)7-13(18-3)15(14(10)12)19-9-17-2/h4-8H,9H2,1-3H3. The van der Waals surface area contributed by atoms with E-state index < -0.39 is 0 Å². The lowest BCUT2D eigenvalue weighted by Crippen LogP contribution is -2.03. The maximum Gasteiger partial charge on any atom is 0.188 e. The highest BCUT2D eigenvalue weighted by molar-refractivity contribution is 6.04. The molecule has 100 valence electrons. The van der Waals surface area contributed by atoms with Gasteiger partial charge < -0.3 is 14.2 Å². The Labute approximate surface area is 111 Å². The van der Waals surface area contributed by atoms with Crippen LogP contribution in [0.25, 0.3) is 10.8 Å². The Morgan fingerprint density at radius 2 is 2.05 bits per heavy atom. The van der Waals surface area contributed by atoms with E-state index in [0.717, 1.165) is 22.6 Å². The van der Waals surface area contributed by atoms with Crippen molar-refractivity contribution in [2.24, 2.45) is 0 Å². The fraction of sp³-hybridized carbons (Fsp3) is 0.267. The first-order chi connectivity index (χ1) is 9.22. The van der Waals surface area contributed by atoms with Crippen molar-refractivity contribution in [3.63, 3.8) is 0 Å². The summed E-state index contributed by atoms with van der Waals surface area (Å²) < 4.78 is 15.9. The van der Waals surface area contributed by atoms with Crippen LogP contribution in [0.2, 0.25) is 0 Å². The van der Waals surface area contributed by atoms with Crippen LogP contribution in [0, 0.1) is 6.92 Å². The maximum absolute atomic E-state index is 11.2. The third kappa shape index (κ3) is 2.39. The van der Waals surface area contributed by atoms with Gasteiger partial charge in [0.05, 0.1) is 7.11 Å². The summed E-state index contributed by atoms with van der Waals surface area (Å²) in [4.78, 5) is 11.2. The molecule has 0 heterocycles. The molecule has 2 aromatic carbocycles. The lowest BCUT2D eigenvalue weighted by atomic mass is 9.99. The summed E-state index contributed by atoms with van der Waals surface area (Å²) >= 11 is 0. The number of ether oxygens (including phenoxy) is 3. The summed E-state index contributed by atoms with van der Waals surface area (Å²) in [6.45, 7) is 2.09. The molecule has 19 heavy (non-hydrogen) atoms. The van der Waals surface area contributed by atoms with Crippen LogP contribution in [0.1, 0.15) is 15.9 Å². The second-order valence-electron chi connectivity index (χ2n) is 4.16. The number of benzene rings is 2. The molecule has 0 amide bonds. The first-order valence-corrected chi connectivity index (χ1v) is 5.90. The maximum atomic E-state index is 11.2. The summed E-state index contributed by atoms with van der Waals surface area (Å²) in [5, 5.41) is 1.72. The van der Waals surface area contributed by atoms with Crippen LogP contribution in [0.15, 0.2) is 24.3 Å². The van der Waals surface area contributed by atoms with E-state index in [1.54, 1.807) is 20.3 Å². The molecular weight excluding hydrogens is 244 g/mol. The molecule has 0 aliphatic heterocycles. The lowest BCUT2D eigenvalue weighted by Gasteiger charge is -2.15. The zero-order valence-corrected chi connectivity index (χ0v) is 11.2. The summed E-state index contributed by atoms with van der Waals surface area (Å²) in [5.74, 6) is 1.13. The smallest absolute Gasteiger partial charge is 0.188 e. The quantitative estimate of drug-likeness (QED) is 0.612. The van der Waals surface area contributed by atoms with Crippen LogP contribution in [0.3, 0.4) is 0 Å². The van der Waals surface area contributed by atoms with Crippen LogP contribution in [-0.2, 0) is 4.74 Å². The van der Waals surface area contributed by atoms with Gasteiger partial charge in [-0.15, -0.1) is 0 Å². The van der Waals surface area contributed by atoms with Gasteiger partial charge >= 0.3 is 0 Å². The highest BCUT2D eigenvalue weighted by Crippen LogP contribution is 2.39. The Morgan fingerprint density at radius 1 is 1.26 bits per heavy atom. The molecule has 2 rings (SSSR count). The molecule has 4 heteroatoms. The molecule has 0 bridgehead atoms. The number of rotatable bonds is 5. The van der Waals surface area contributed by atoms with Gasteiger partial charge in [-0.3, -0.25) is 4.79 Å². The minimum atomic E-state index is 0.125. The van der Waals surface area contributed by atoms with Crippen LogP contribution in [-0.4, -0.2) is 27.3 Å². The average molecular weight is 260 g/mol. The highest BCUT2D eigenvalue weighted by Gasteiger charge is 2.15. The SMILES string of the molecule is COCOc1c(OC)cc(C=O)c2cccc(C)c12. The van der Waals surface area contributed by atoms with Gasteiger partial charge in [0, 0.05) is 18.1 Å². The summed E-state index contributed by atoms with van der Waals surface area (Å²) in [6, 6.07) is 7.46. The molecule has 0 unspecified atom stereocenters. The fourth-order valence-corrected chi connectivity index (χ4v) is 2.13. The number of hydrogen-bond donors (Lipinski definition) is 0. The summed E-state index contributed by atoms with van der Waals surface area (Å²) in [7, 11) is 3.11. The summed E-state index contributed by atoms with van der Waals surface area (Å²) in [5.41, 5.74) is 1.60. The Hall–Kier alpha value is -2.07. The normalized spacial score (nSPS) is 10.5. The van der Waals surface area contributed by atoms with Crippen LogP contribution >= 0.6 is 0 Å². The third-order valence-corrected chi connectivity index (χ3v) is 2.99. The number of methoxy groups -OCH3 is 2. The Morgan fingerprint density at radius 3 is 2.68 bits per heavy atom. The van der Waals surface area contributed by atoms with Crippen molar-refractivity contribution in [1.82, 2.24) is 0 Å². The number of carbonyl (C=O) groups is 1. The number of aryl methyl sites for hydroxylation is 1. The van der Waals surface area contributed by atoms with Crippen molar-refractivity contribution >= 4 is 17.1 Å². The van der Waals surface area contributed by atoms with E-state index >= 15 is 0 Å². The molecule has 0 spiro atoms.